The fraction of sp³-hybridized carbons (Fsp3) is 1.00. The number of rotatable bonds is 17. The molecule has 0 spiro atoms. The fourth-order valence-corrected chi connectivity index (χ4v) is 2.87. The highest BCUT2D eigenvalue weighted by Gasteiger charge is 1.95. The van der Waals surface area contributed by atoms with Gasteiger partial charge in [-0.2, -0.15) is 0 Å². The van der Waals surface area contributed by atoms with Crippen molar-refractivity contribution >= 4 is 0 Å². The third kappa shape index (κ3) is 19.9. The Hall–Kier alpha value is -0.0800. The van der Waals surface area contributed by atoms with E-state index in [1.807, 2.05) is 0 Å². The van der Waals surface area contributed by atoms with Crippen molar-refractivity contribution in [1.82, 2.24) is 4.90 Å². The molecule has 0 saturated heterocycles. The quantitative estimate of drug-likeness (QED) is 0.366. The second kappa shape index (κ2) is 18.0. The van der Waals surface area contributed by atoms with Crippen molar-refractivity contribution in [3.63, 3.8) is 0 Å². The van der Waals surface area contributed by atoms with Gasteiger partial charge in [0.2, 0.25) is 0 Å². The summed E-state index contributed by atoms with van der Waals surface area (Å²) in [6, 6.07) is 0. The van der Waals surface area contributed by atoms with Crippen LogP contribution in [-0.2, 0) is 0 Å². The third-order valence-electron chi connectivity index (χ3n) is 4.31. The highest BCUT2D eigenvalue weighted by molar-refractivity contribution is 4.51. The Labute approximate surface area is 134 Å². The molecule has 0 aliphatic heterocycles. The first kappa shape index (κ1) is 20.9. The predicted molar refractivity (Wildman–Crippen MR) is 96.9 cm³/mol. The molecule has 2 heteroatoms. The SMILES string of the molecule is CN(C)CCCCCCCCCCCCCCCCCN. The standard InChI is InChI=1S/C19H42N2/c1-21(2)19-17-15-13-11-9-7-5-3-4-6-8-10-12-14-16-18-20/h3-20H2,1-2H3. The lowest BCUT2D eigenvalue weighted by Gasteiger charge is -2.08. The molecule has 0 amide bonds. The molecule has 0 aromatic carbocycles. The van der Waals surface area contributed by atoms with Gasteiger partial charge in [0.05, 0.1) is 0 Å². The van der Waals surface area contributed by atoms with E-state index in [0.717, 1.165) is 6.54 Å². The molecule has 0 aromatic heterocycles. The molecule has 128 valence electrons. The smallest absolute Gasteiger partial charge is 0.00248 e. The van der Waals surface area contributed by atoms with Crippen LogP contribution in [-0.4, -0.2) is 32.1 Å². The van der Waals surface area contributed by atoms with Gasteiger partial charge in [-0.15, -0.1) is 0 Å². The Bertz CT molecular complexity index is 180. The van der Waals surface area contributed by atoms with Gasteiger partial charge < -0.3 is 10.6 Å². The van der Waals surface area contributed by atoms with Gasteiger partial charge in [0.15, 0.2) is 0 Å². The Balaban J connectivity index is 2.93. The predicted octanol–water partition coefficient (Wildman–Crippen LogP) is 5.36. The molecule has 0 heterocycles. The van der Waals surface area contributed by atoms with Crippen molar-refractivity contribution < 1.29 is 0 Å². The van der Waals surface area contributed by atoms with E-state index in [4.69, 9.17) is 5.73 Å². The molecule has 2 nitrogen and oxygen atoms in total. The Kier molecular flexibility index (Phi) is 17.9. The molecule has 0 fully saturated rings. The van der Waals surface area contributed by atoms with Crippen LogP contribution in [0, 0.1) is 0 Å². The minimum atomic E-state index is 0.871. The fourth-order valence-electron chi connectivity index (χ4n) is 2.87. The molecular weight excluding hydrogens is 256 g/mol. The summed E-state index contributed by atoms with van der Waals surface area (Å²) >= 11 is 0. The topological polar surface area (TPSA) is 29.3 Å². The van der Waals surface area contributed by atoms with Crippen LogP contribution in [0.2, 0.25) is 0 Å². The maximum Gasteiger partial charge on any atom is -0.00248 e. The molecule has 0 unspecified atom stereocenters. The van der Waals surface area contributed by atoms with E-state index in [-0.39, 0.29) is 0 Å². The normalized spacial score (nSPS) is 11.4. The number of hydrogen-bond donors (Lipinski definition) is 1. The number of hydrogen-bond acceptors (Lipinski definition) is 2. The first-order valence-electron chi connectivity index (χ1n) is 9.62. The summed E-state index contributed by atoms with van der Waals surface area (Å²) < 4.78 is 0. The lowest BCUT2D eigenvalue weighted by atomic mass is 10.0. The van der Waals surface area contributed by atoms with Crippen molar-refractivity contribution in [3.05, 3.63) is 0 Å². The van der Waals surface area contributed by atoms with Gasteiger partial charge in [-0.05, 0) is 40.0 Å². The minimum absolute atomic E-state index is 0.871. The summed E-state index contributed by atoms with van der Waals surface area (Å²) in [5.41, 5.74) is 5.49. The first-order valence-corrected chi connectivity index (χ1v) is 9.62. The van der Waals surface area contributed by atoms with Gasteiger partial charge in [0.25, 0.3) is 0 Å². The first-order chi connectivity index (χ1) is 10.3. The van der Waals surface area contributed by atoms with Crippen molar-refractivity contribution in [2.75, 3.05) is 27.2 Å². The van der Waals surface area contributed by atoms with Gasteiger partial charge in [-0.25, -0.2) is 0 Å². The lowest BCUT2D eigenvalue weighted by molar-refractivity contribution is 0.389. The lowest BCUT2D eigenvalue weighted by Crippen LogP contribution is -2.12. The number of nitrogens with zero attached hydrogens (tertiary/aromatic N) is 1. The summed E-state index contributed by atoms with van der Waals surface area (Å²) in [5, 5.41) is 0. The van der Waals surface area contributed by atoms with Gasteiger partial charge in [-0.1, -0.05) is 83.5 Å². The Morgan fingerprint density at radius 2 is 0.762 bits per heavy atom. The highest BCUT2D eigenvalue weighted by atomic mass is 15.0. The third-order valence-corrected chi connectivity index (χ3v) is 4.31. The van der Waals surface area contributed by atoms with Crippen molar-refractivity contribution in [2.45, 2.75) is 96.3 Å². The van der Waals surface area contributed by atoms with Crippen LogP contribution in [0.15, 0.2) is 0 Å². The molecule has 0 saturated carbocycles. The van der Waals surface area contributed by atoms with Crippen LogP contribution >= 0.6 is 0 Å². The molecule has 0 aromatic rings. The molecule has 0 bridgehead atoms. The van der Waals surface area contributed by atoms with E-state index in [1.165, 1.54) is 103 Å². The van der Waals surface area contributed by atoms with Crippen LogP contribution in [0.4, 0.5) is 0 Å². The zero-order valence-corrected chi connectivity index (χ0v) is 15.0. The molecule has 0 atom stereocenters. The maximum atomic E-state index is 5.49. The molecule has 21 heavy (non-hydrogen) atoms. The van der Waals surface area contributed by atoms with Gasteiger partial charge >= 0.3 is 0 Å². The van der Waals surface area contributed by atoms with Gasteiger partial charge in [-0.3, -0.25) is 0 Å². The Morgan fingerprint density at radius 1 is 0.476 bits per heavy atom. The molecule has 2 N–H and O–H groups in total. The van der Waals surface area contributed by atoms with Crippen LogP contribution in [0.25, 0.3) is 0 Å². The van der Waals surface area contributed by atoms with E-state index in [0.29, 0.717) is 0 Å². The van der Waals surface area contributed by atoms with Crippen molar-refractivity contribution in [1.29, 1.82) is 0 Å². The average molecular weight is 299 g/mol. The summed E-state index contributed by atoms with van der Waals surface area (Å²) in [6.45, 7) is 2.13. The average Bonchev–Trinajstić information content (AvgIpc) is 2.46. The highest BCUT2D eigenvalue weighted by Crippen LogP contribution is 2.13. The number of nitrogens with two attached hydrogens (primary N) is 1. The summed E-state index contributed by atoms with van der Waals surface area (Å²) in [7, 11) is 4.33. The van der Waals surface area contributed by atoms with E-state index in [1.54, 1.807) is 0 Å². The van der Waals surface area contributed by atoms with Gasteiger partial charge in [0.1, 0.15) is 0 Å². The summed E-state index contributed by atoms with van der Waals surface area (Å²) in [4.78, 5) is 2.29. The zero-order valence-electron chi connectivity index (χ0n) is 15.0. The molecule has 0 aliphatic carbocycles. The van der Waals surface area contributed by atoms with E-state index >= 15 is 0 Å². The minimum Gasteiger partial charge on any atom is -0.330 e. The maximum absolute atomic E-state index is 5.49. The second-order valence-corrected chi connectivity index (χ2v) is 6.90. The second-order valence-electron chi connectivity index (χ2n) is 6.90. The molecule has 0 aliphatic rings. The van der Waals surface area contributed by atoms with Crippen LogP contribution < -0.4 is 5.73 Å². The largest absolute Gasteiger partial charge is 0.330 e. The summed E-state index contributed by atoms with van der Waals surface area (Å²) in [6.07, 6.45) is 21.3. The summed E-state index contributed by atoms with van der Waals surface area (Å²) in [5.74, 6) is 0. The van der Waals surface area contributed by atoms with Crippen molar-refractivity contribution in [3.8, 4) is 0 Å². The number of unbranched alkanes of at least 4 members (excludes halogenated alkanes) is 14. The van der Waals surface area contributed by atoms with E-state index in [2.05, 4.69) is 19.0 Å². The van der Waals surface area contributed by atoms with Gasteiger partial charge in [0, 0.05) is 0 Å². The van der Waals surface area contributed by atoms with Crippen LogP contribution in [0.3, 0.4) is 0 Å². The van der Waals surface area contributed by atoms with E-state index < -0.39 is 0 Å². The van der Waals surface area contributed by atoms with Crippen molar-refractivity contribution in [2.24, 2.45) is 5.73 Å². The van der Waals surface area contributed by atoms with E-state index in [9.17, 15) is 0 Å². The molecule has 0 rings (SSSR count). The monoisotopic (exact) mass is 298 g/mol. The van der Waals surface area contributed by atoms with Crippen LogP contribution in [0.5, 0.6) is 0 Å². The Morgan fingerprint density at radius 3 is 1.05 bits per heavy atom. The molecule has 0 radical (unpaired) electrons. The molecular formula is C19H42N2. The van der Waals surface area contributed by atoms with Crippen LogP contribution in [0.1, 0.15) is 96.3 Å². The zero-order chi connectivity index (χ0) is 15.6.